The highest BCUT2D eigenvalue weighted by Crippen LogP contribution is 2.29. The van der Waals surface area contributed by atoms with Crippen LogP contribution in [0.25, 0.3) is 0 Å². The average molecular weight is 248 g/mol. The van der Waals surface area contributed by atoms with Gasteiger partial charge in [0.1, 0.15) is 5.82 Å². The summed E-state index contributed by atoms with van der Waals surface area (Å²) < 4.78 is 36.9. The van der Waals surface area contributed by atoms with Crippen molar-refractivity contribution in [2.75, 3.05) is 11.9 Å². The summed E-state index contributed by atoms with van der Waals surface area (Å²) in [6.45, 7) is 3.52. The first kappa shape index (κ1) is 13.8. The number of rotatable bonds is 4. The number of anilines is 1. The molecule has 0 saturated carbocycles. The molecule has 6 heteroatoms. The van der Waals surface area contributed by atoms with E-state index in [-0.39, 0.29) is 6.61 Å². The number of halogens is 3. The fourth-order valence-electron chi connectivity index (χ4n) is 1.18. The van der Waals surface area contributed by atoms with Crippen LogP contribution in [0, 0.1) is 0 Å². The van der Waals surface area contributed by atoms with E-state index in [1.807, 2.05) is 6.92 Å². The number of aliphatic hydroxyl groups excluding tert-OH is 1. The van der Waals surface area contributed by atoms with E-state index in [9.17, 15) is 13.2 Å². The third kappa shape index (κ3) is 3.59. The molecule has 0 aromatic carbocycles. The first-order valence-corrected chi connectivity index (χ1v) is 5.23. The van der Waals surface area contributed by atoms with E-state index in [0.717, 1.165) is 12.3 Å². The van der Waals surface area contributed by atoms with Crippen molar-refractivity contribution in [3.63, 3.8) is 0 Å². The van der Waals surface area contributed by atoms with Gasteiger partial charge in [-0.2, -0.15) is 13.2 Å². The van der Waals surface area contributed by atoms with Gasteiger partial charge in [-0.15, -0.1) is 0 Å². The van der Waals surface area contributed by atoms with Gasteiger partial charge in [-0.3, -0.25) is 0 Å². The molecule has 3 nitrogen and oxygen atoms in total. The number of aliphatic hydroxyl groups is 1. The minimum Gasteiger partial charge on any atom is -0.394 e. The van der Waals surface area contributed by atoms with E-state index >= 15 is 0 Å². The molecule has 1 rings (SSSR count). The van der Waals surface area contributed by atoms with Crippen LogP contribution in [0.5, 0.6) is 0 Å². The molecule has 1 aromatic rings. The molecular formula is C11H15F3N2O. The average Bonchev–Trinajstić information content (AvgIpc) is 2.28. The zero-order chi connectivity index (χ0) is 13.1. The van der Waals surface area contributed by atoms with Gasteiger partial charge in [0.2, 0.25) is 0 Å². The summed E-state index contributed by atoms with van der Waals surface area (Å²) in [7, 11) is 0. The summed E-state index contributed by atoms with van der Waals surface area (Å²) in [4.78, 5) is 3.68. The molecule has 0 fully saturated rings. The fraction of sp³-hybridized carbons (Fsp3) is 0.545. The number of nitrogens with zero attached hydrogens (tertiary/aromatic N) is 1. The van der Waals surface area contributed by atoms with Crippen molar-refractivity contribution in [2.24, 2.45) is 0 Å². The van der Waals surface area contributed by atoms with Crippen molar-refractivity contribution in [1.29, 1.82) is 0 Å². The summed E-state index contributed by atoms with van der Waals surface area (Å²) >= 11 is 0. The van der Waals surface area contributed by atoms with Gasteiger partial charge in [-0.05, 0) is 25.5 Å². The molecule has 0 aliphatic carbocycles. The molecule has 0 radical (unpaired) electrons. The summed E-state index contributed by atoms with van der Waals surface area (Å²) in [5.41, 5.74) is -1.36. The number of aromatic nitrogens is 1. The number of hydrogen-bond acceptors (Lipinski definition) is 3. The van der Waals surface area contributed by atoms with Gasteiger partial charge in [0.15, 0.2) is 0 Å². The Kier molecular flexibility index (Phi) is 3.98. The lowest BCUT2D eigenvalue weighted by atomic mass is 10.0. The van der Waals surface area contributed by atoms with Crippen molar-refractivity contribution >= 4 is 5.82 Å². The molecule has 1 aromatic heterocycles. The Morgan fingerprint density at radius 1 is 1.35 bits per heavy atom. The van der Waals surface area contributed by atoms with Gasteiger partial charge >= 0.3 is 6.18 Å². The second-order valence-corrected chi connectivity index (χ2v) is 4.13. The maximum absolute atomic E-state index is 12.3. The lowest BCUT2D eigenvalue weighted by Crippen LogP contribution is -2.38. The van der Waals surface area contributed by atoms with Gasteiger partial charge in [-0.25, -0.2) is 4.98 Å². The van der Waals surface area contributed by atoms with Gasteiger partial charge in [0, 0.05) is 6.20 Å². The summed E-state index contributed by atoms with van der Waals surface area (Å²) in [6, 6.07) is 2.22. The lowest BCUT2D eigenvalue weighted by molar-refractivity contribution is -0.137. The Balaban J connectivity index is 2.82. The normalized spacial score (nSPS) is 15.4. The minimum absolute atomic E-state index is 0.119. The molecule has 17 heavy (non-hydrogen) atoms. The lowest BCUT2D eigenvalue weighted by Gasteiger charge is -2.27. The predicted molar refractivity (Wildman–Crippen MR) is 58.6 cm³/mol. The first-order chi connectivity index (χ1) is 7.80. The van der Waals surface area contributed by atoms with E-state index in [2.05, 4.69) is 10.3 Å². The van der Waals surface area contributed by atoms with Gasteiger partial charge in [-0.1, -0.05) is 6.92 Å². The second kappa shape index (κ2) is 4.91. The second-order valence-electron chi connectivity index (χ2n) is 4.13. The SMILES string of the molecule is CCC(C)(CO)Nc1ccc(C(F)(F)F)cn1. The number of nitrogens with one attached hydrogen (secondary N) is 1. The first-order valence-electron chi connectivity index (χ1n) is 5.23. The largest absolute Gasteiger partial charge is 0.417 e. The molecular weight excluding hydrogens is 233 g/mol. The van der Waals surface area contributed by atoms with E-state index in [1.165, 1.54) is 6.07 Å². The van der Waals surface area contributed by atoms with Crippen LogP contribution in [0.15, 0.2) is 18.3 Å². The summed E-state index contributed by atoms with van der Waals surface area (Å²) in [5.74, 6) is 0.316. The van der Waals surface area contributed by atoms with E-state index in [4.69, 9.17) is 5.11 Å². The Morgan fingerprint density at radius 2 is 2.00 bits per heavy atom. The quantitative estimate of drug-likeness (QED) is 0.861. The number of hydrogen-bond donors (Lipinski definition) is 2. The van der Waals surface area contributed by atoms with Crippen LogP contribution < -0.4 is 5.32 Å². The van der Waals surface area contributed by atoms with Crippen LogP contribution in [-0.4, -0.2) is 22.2 Å². The van der Waals surface area contributed by atoms with Crippen LogP contribution in [0.3, 0.4) is 0 Å². The molecule has 0 saturated heterocycles. The molecule has 1 atom stereocenters. The topological polar surface area (TPSA) is 45.1 Å². The van der Waals surface area contributed by atoms with Crippen molar-refractivity contribution in [3.05, 3.63) is 23.9 Å². The van der Waals surface area contributed by atoms with Crippen LogP contribution >= 0.6 is 0 Å². The maximum atomic E-state index is 12.3. The number of alkyl halides is 3. The molecule has 0 aliphatic rings. The van der Waals surface area contributed by atoms with Crippen LogP contribution in [0.4, 0.5) is 19.0 Å². The van der Waals surface area contributed by atoms with Crippen molar-refractivity contribution < 1.29 is 18.3 Å². The van der Waals surface area contributed by atoms with Gasteiger partial charge < -0.3 is 10.4 Å². The molecule has 0 bridgehead atoms. The van der Waals surface area contributed by atoms with Crippen molar-refractivity contribution in [1.82, 2.24) is 4.98 Å². The van der Waals surface area contributed by atoms with E-state index in [1.54, 1.807) is 6.92 Å². The van der Waals surface area contributed by atoms with E-state index < -0.39 is 17.3 Å². The zero-order valence-electron chi connectivity index (χ0n) is 9.67. The number of pyridine rings is 1. The monoisotopic (exact) mass is 248 g/mol. The van der Waals surface area contributed by atoms with Gasteiger partial charge in [0.05, 0.1) is 17.7 Å². The third-order valence-electron chi connectivity index (χ3n) is 2.65. The highest BCUT2D eigenvalue weighted by atomic mass is 19.4. The molecule has 2 N–H and O–H groups in total. The molecule has 0 aliphatic heterocycles. The maximum Gasteiger partial charge on any atom is 0.417 e. The van der Waals surface area contributed by atoms with Crippen LogP contribution in [-0.2, 0) is 6.18 Å². The summed E-state index contributed by atoms with van der Waals surface area (Å²) in [6.07, 6.45) is -2.97. The highest BCUT2D eigenvalue weighted by Gasteiger charge is 2.31. The minimum atomic E-state index is -4.38. The highest BCUT2D eigenvalue weighted by molar-refractivity contribution is 5.39. The van der Waals surface area contributed by atoms with Gasteiger partial charge in [0.25, 0.3) is 0 Å². The van der Waals surface area contributed by atoms with Crippen LogP contribution in [0.2, 0.25) is 0 Å². The van der Waals surface area contributed by atoms with E-state index in [0.29, 0.717) is 12.2 Å². The smallest absolute Gasteiger partial charge is 0.394 e. The fourth-order valence-corrected chi connectivity index (χ4v) is 1.18. The zero-order valence-corrected chi connectivity index (χ0v) is 9.67. The Hall–Kier alpha value is -1.30. The predicted octanol–water partition coefficient (Wildman–Crippen LogP) is 2.67. The summed E-state index contributed by atoms with van der Waals surface area (Å²) in [5, 5.41) is 12.1. The Labute approximate surface area is 97.7 Å². The Bertz CT molecular complexity index is 358. The van der Waals surface area contributed by atoms with Crippen molar-refractivity contribution in [2.45, 2.75) is 32.0 Å². The third-order valence-corrected chi connectivity index (χ3v) is 2.65. The Morgan fingerprint density at radius 3 is 2.35 bits per heavy atom. The molecule has 1 heterocycles. The molecule has 0 spiro atoms. The molecule has 0 amide bonds. The molecule has 1 unspecified atom stereocenters. The van der Waals surface area contributed by atoms with Crippen molar-refractivity contribution in [3.8, 4) is 0 Å². The standard InChI is InChI=1S/C11H15F3N2O/c1-3-10(2,7-17)16-9-5-4-8(6-15-9)11(12,13)14/h4-6,17H,3,7H2,1-2H3,(H,15,16). The molecule has 96 valence electrons. The van der Waals surface area contributed by atoms with Crippen LogP contribution in [0.1, 0.15) is 25.8 Å².